The number of ether oxygens (including phenoxy) is 1. The zero-order chi connectivity index (χ0) is 29.9. The van der Waals surface area contributed by atoms with E-state index in [9.17, 15) is 18.8 Å². The summed E-state index contributed by atoms with van der Waals surface area (Å²) in [6, 6.07) is 15.3. The second-order valence-electron chi connectivity index (χ2n) is 11.2. The molecular formula is C31H35FN6O4. The van der Waals surface area contributed by atoms with E-state index in [4.69, 9.17) is 10.5 Å². The molecule has 1 saturated carbocycles. The van der Waals surface area contributed by atoms with Crippen molar-refractivity contribution in [2.45, 2.75) is 25.7 Å². The number of anilines is 3. The van der Waals surface area contributed by atoms with Gasteiger partial charge in [-0.15, -0.1) is 0 Å². The van der Waals surface area contributed by atoms with Gasteiger partial charge in [-0.05, 0) is 100 Å². The predicted molar refractivity (Wildman–Crippen MR) is 157 cm³/mol. The van der Waals surface area contributed by atoms with E-state index in [1.807, 2.05) is 19.0 Å². The number of hydrogen-bond donors (Lipinski definition) is 2. The number of halogens is 1. The number of carbonyl (C=O) groups excluding carboxylic acids is 3. The van der Waals surface area contributed by atoms with Crippen LogP contribution in [0.1, 0.15) is 25.7 Å². The number of urea groups is 1. The fourth-order valence-corrected chi connectivity index (χ4v) is 5.32. The van der Waals surface area contributed by atoms with Crippen LogP contribution in [0, 0.1) is 17.2 Å². The summed E-state index contributed by atoms with van der Waals surface area (Å²) in [6.45, 7) is 2.34. The van der Waals surface area contributed by atoms with Gasteiger partial charge in [-0.25, -0.2) is 14.2 Å². The van der Waals surface area contributed by atoms with Crippen LogP contribution in [-0.4, -0.2) is 66.4 Å². The van der Waals surface area contributed by atoms with E-state index in [-0.39, 0.29) is 6.03 Å². The first-order valence-corrected chi connectivity index (χ1v) is 14.0. The minimum atomic E-state index is -1.26. The molecule has 11 heteroatoms. The summed E-state index contributed by atoms with van der Waals surface area (Å²) in [4.78, 5) is 48.1. The number of nitrogens with one attached hydrogen (secondary N) is 1. The Bertz CT molecular complexity index is 1440. The van der Waals surface area contributed by atoms with Crippen molar-refractivity contribution in [1.29, 1.82) is 0 Å². The van der Waals surface area contributed by atoms with Gasteiger partial charge >= 0.3 is 6.03 Å². The summed E-state index contributed by atoms with van der Waals surface area (Å²) < 4.78 is 19.6. The minimum absolute atomic E-state index is 0.192. The third-order valence-corrected chi connectivity index (χ3v) is 7.65. The Kier molecular flexibility index (Phi) is 8.39. The third-order valence-electron chi connectivity index (χ3n) is 7.65. The van der Waals surface area contributed by atoms with Gasteiger partial charge in [-0.2, -0.15) is 0 Å². The highest BCUT2D eigenvalue weighted by atomic mass is 19.1. The monoisotopic (exact) mass is 574 g/mol. The SMILES string of the molecule is CN(C)CC1CCCN(C(=O)Nc2cc(Oc3ccc(N(C(=O)C4(C(N)=O)CC4)c4ccc(F)cc4)cc3)ccn2)C1. The van der Waals surface area contributed by atoms with Crippen molar-refractivity contribution >= 4 is 35.0 Å². The van der Waals surface area contributed by atoms with E-state index in [1.165, 1.54) is 29.2 Å². The number of benzene rings is 2. The largest absolute Gasteiger partial charge is 0.457 e. The Balaban J connectivity index is 1.28. The van der Waals surface area contributed by atoms with Crippen LogP contribution in [0.2, 0.25) is 0 Å². The van der Waals surface area contributed by atoms with E-state index in [1.54, 1.807) is 42.6 Å². The highest BCUT2D eigenvalue weighted by molar-refractivity contribution is 6.16. The lowest BCUT2D eigenvalue weighted by molar-refractivity contribution is -0.133. The van der Waals surface area contributed by atoms with E-state index in [2.05, 4.69) is 15.2 Å². The number of primary amides is 1. The number of rotatable bonds is 9. The zero-order valence-electron chi connectivity index (χ0n) is 23.8. The van der Waals surface area contributed by atoms with Crippen LogP contribution < -0.4 is 20.7 Å². The molecule has 42 heavy (non-hydrogen) atoms. The number of aromatic nitrogens is 1. The molecule has 220 valence electrons. The lowest BCUT2D eigenvalue weighted by atomic mass is 9.98. The average molecular weight is 575 g/mol. The molecule has 1 aliphatic carbocycles. The quantitative estimate of drug-likeness (QED) is 0.356. The van der Waals surface area contributed by atoms with Gasteiger partial charge in [0.1, 0.15) is 28.5 Å². The van der Waals surface area contributed by atoms with Crippen molar-refractivity contribution in [2.24, 2.45) is 17.1 Å². The Morgan fingerprint density at radius 3 is 2.33 bits per heavy atom. The summed E-state index contributed by atoms with van der Waals surface area (Å²) in [5, 5.41) is 2.87. The van der Waals surface area contributed by atoms with Crippen molar-refractivity contribution in [3.63, 3.8) is 0 Å². The molecule has 0 radical (unpaired) electrons. The summed E-state index contributed by atoms with van der Waals surface area (Å²) in [5.41, 5.74) is 5.20. The maximum absolute atomic E-state index is 13.6. The van der Waals surface area contributed by atoms with E-state index in [0.717, 1.165) is 19.4 Å². The Hall–Kier alpha value is -4.51. The molecule has 3 aromatic rings. The number of hydrogen-bond acceptors (Lipinski definition) is 6. The standard InChI is InChI=1S/C31H35FN6O4/c1-36(2)19-21-4-3-17-37(20-21)30(41)35-27-18-26(13-16-34-27)42-25-11-9-24(10-12-25)38(23-7-5-22(32)6-8-23)29(40)31(14-15-31)28(33)39/h5-13,16,18,21H,3-4,14-15,17,19-20H2,1-2H3,(H2,33,39)(H,34,35,41). The van der Waals surface area contributed by atoms with Crippen LogP contribution in [0.3, 0.4) is 0 Å². The summed E-state index contributed by atoms with van der Waals surface area (Å²) in [5.74, 6) is 0.188. The number of carbonyl (C=O) groups is 3. The summed E-state index contributed by atoms with van der Waals surface area (Å²) in [7, 11) is 4.08. The number of likely N-dealkylation sites (tertiary alicyclic amines) is 1. The number of nitrogens with two attached hydrogens (primary N) is 1. The second kappa shape index (κ2) is 12.2. The number of piperidine rings is 1. The van der Waals surface area contributed by atoms with Crippen LogP contribution in [0.15, 0.2) is 66.9 Å². The molecule has 2 aromatic carbocycles. The highest BCUT2D eigenvalue weighted by Gasteiger charge is 2.57. The fourth-order valence-electron chi connectivity index (χ4n) is 5.32. The van der Waals surface area contributed by atoms with Gasteiger partial charge in [0.15, 0.2) is 0 Å². The molecular weight excluding hydrogens is 539 g/mol. The van der Waals surface area contributed by atoms with Crippen LogP contribution in [0.5, 0.6) is 11.5 Å². The molecule has 1 aliphatic heterocycles. The van der Waals surface area contributed by atoms with Crippen molar-refractivity contribution in [3.05, 3.63) is 72.7 Å². The van der Waals surface area contributed by atoms with Gasteiger partial charge in [0.25, 0.3) is 0 Å². The maximum atomic E-state index is 13.6. The van der Waals surface area contributed by atoms with Gasteiger partial charge in [-0.1, -0.05) is 0 Å². The van der Waals surface area contributed by atoms with Crippen molar-refractivity contribution < 1.29 is 23.5 Å². The lowest BCUT2D eigenvalue weighted by Gasteiger charge is -2.33. The van der Waals surface area contributed by atoms with Gasteiger partial charge < -0.3 is 20.3 Å². The molecule has 4 amide bonds. The van der Waals surface area contributed by atoms with Crippen LogP contribution in [-0.2, 0) is 9.59 Å². The van der Waals surface area contributed by atoms with E-state index < -0.39 is 23.0 Å². The van der Waals surface area contributed by atoms with Gasteiger partial charge in [0.2, 0.25) is 11.8 Å². The summed E-state index contributed by atoms with van der Waals surface area (Å²) >= 11 is 0. The predicted octanol–water partition coefficient (Wildman–Crippen LogP) is 4.75. The normalized spacial score (nSPS) is 17.4. The molecule has 5 rings (SSSR count). The number of amides is 4. The molecule has 1 atom stereocenters. The van der Waals surface area contributed by atoms with Crippen LogP contribution in [0.25, 0.3) is 0 Å². The minimum Gasteiger partial charge on any atom is -0.457 e. The Labute approximate surface area is 244 Å². The first kappa shape index (κ1) is 29.0. The molecule has 2 fully saturated rings. The smallest absolute Gasteiger partial charge is 0.323 e. The molecule has 1 saturated heterocycles. The van der Waals surface area contributed by atoms with Crippen molar-refractivity contribution in [3.8, 4) is 11.5 Å². The molecule has 3 N–H and O–H groups in total. The van der Waals surface area contributed by atoms with E-state index in [0.29, 0.717) is 60.5 Å². The molecule has 1 unspecified atom stereocenters. The maximum Gasteiger partial charge on any atom is 0.323 e. The van der Waals surface area contributed by atoms with Crippen LogP contribution >= 0.6 is 0 Å². The fraction of sp³-hybridized carbons (Fsp3) is 0.355. The van der Waals surface area contributed by atoms with Gasteiger partial charge in [-0.3, -0.25) is 19.8 Å². The topological polar surface area (TPSA) is 121 Å². The van der Waals surface area contributed by atoms with Crippen molar-refractivity contribution in [2.75, 3.05) is 43.9 Å². The summed E-state index contributed by atoms with van der Waals surface area (Å²) in [6.07, 6.45) is 4.36. The highest BCUT2D eigenvalue weighted by Crippen LogP contribution is 2.49. The number of nitrogens with zero attached hydrogens (tertiary/aromatic N) is 4. The Morgan fingerprint density at radius 1 is 1.05 bits per heavy atom. The average Bonchev–Trinajstić information content (AvgIpc) is 3.78. The van der Waals surface area contributed by atoms with Crippen LogP contribution in [0.4, 0.5) is 26.4 Å². The Morgan fingerprint density at radius 2 is 1.71 bits per heavy atom. The first-order valence-electron chi connectivity index (χ1n) is 14.0. The third kappa shape index (κ3) is 6.52. The van der Waals surface area contributed by atoms with Gasteiger partial charge in [0, 0.05) is 43.3 Å². The van der Waals surface area contributed by atoms with E-state index >= 15 is 0 Å². The van der Waals surface area contributed by atoms with Crippen molar-refractivity contribution in [1.82, 2.24) is 14.8 Å². The molecule has 2 heterocycles. The second-order valence-corrected chi connectivity index (χ2v) is 11.2. The molecule has 0 bridgehead atoms. The zero-order valence-corrected chi connectivity index (χ0v) is 23.8. The molecule has 10 nitrogen and oxygen atoms in total. The molecule has 0 spiro atoms. The first-order chi connectivity index (χ1) is 20.1. The molecule has 2 aliphatic rings. The number of pyridine rings is 1. The molecule has 1 aromatic heterocycles. The van der Waals surface area contributed by atoms with Gasteiger partial charge in [0.05, 0.1) is 0 Å². The lowest BCUT2D eigenvalue weighted by Crippen LogP contribution is -2.44.